The van der Waals surface area contributed by atoms with Crippen LogP contribution in [0.2, 0.25) is 0 Å². The fourth-order valence-corrected chi connectivity index (χ4v) is 4.25. The standard InChI is InChI=1S/C20H36N2S2/c1-21(2)15-7-5-9-17-23-19-11-13-20(14-12-19)24-18-10-6-8-16-22(3)4/h11-14H,5-10,15-18H2,1-4H3. The molecule has 0 heterocycles. The van der Waals surface area contributed by atoms with Gasteiger partial charge in [0.2, 0.25) is 0 Å². The van der Waals surface area contributed by atoms with Gasteiger partial charge in [0.25, 0.3) is 0 Å². The van der Waals surface area contributed by atoms with Crippen LogP contribution in [0.4, 0.5) is 0 Å². The Morgan fingerprint density at radius 3 is 1.29 bits per heavy atom. The lowest BCUT2D eigenvalue weighted by Gasteiger charge is -2.09. The fourth-order valence-electron chi connectivity index (χ4n) is 2.43. The summed E-state index contributed by atoms with van der Waals surface area (Å²) < 4.78 is 0. The zero-order valence-electron chi connectivity index (χ0n) is 16.1. The van der Waals surface area contributed by atoms with Crippen LogP contribution in [-0.4, -0.2) is 62.6 Å². The van der Waals surface area contributed by atoms with Crippen molar-refractivity contribution < 1.29 is 0 Å². The van der Waals surface area contributed by atoms with Gasteiger partial charge in [0.15, 0.2) is 0 Å². The van der Waals surface area contributed by atoms with Gasteiger partial charge in [-0.1, -0.05) is 12.8 Å². The number of thioether (sulfide) groups is 2. The average Bonchev–Trinajstić information content (AvgIpc) is 2.54. The third kappa shape index (κ3) is 12.2. The first kappa shape index (κ1) is 21.9. The number of nitrogens with zero attached hydrogens (tertiary/aromatic N) is 2. The smallest absolute Gasteiger partial charge is 0.00727 e. The van der Waals surface area contributed by atoms with Gasteiger partial charge in [0, 0.05) is 9.79 Å². The van der Waals surface area contributed by atoms with Crippen LogP contribution in [-0.2, 0) is 0 Å². The molecule has 0 aliphatic carbocycles. The van der Waals surface area contributed by atoms with Gasteiger partial charge in [-0.2, -0.15) is 0 Å². The molecule has 0 bridgehead atoms. The van der Waals surface area contributed by atoms with Gasteiger partial charge < -0.3 is 9.80 Å². The lowest BCUT2D eigenvalue weighted by atomic mass is 10.2. The SMILES string of the molecule is CN(C)CCCCCSc1ccc(SCCCCCN(C)C)cc1. The normalized spacial score (nSPS) is 11.6. The maximum atomic E-state index is 2.29. The van der Waals surface area contributed by atoms with Gasteiger partial charge in [-0.15, -0.1) is 23.5 Å². The van der Waals surface area contributed by atoms with E-state index in [1.807, 2.05) is 23.5 Å². The fraction of sp³-hybridized carbons (Fsp3) is 0.700. The van der Waals surface area contributed by atoms with Gasteiger partial charge in [-0.3, -0.25) is 0 Å². The molecule has 0 radical (unpaired) electrons. The predicted octanol–water partition coefficient (Wildman–Crippen LogP) is 5.33. The maximum Gasteiger partial charge on any atom is 0.00727 e. The molecule has 1 aromatic rings. The molecule has 0 aliphatic rings. The molecule has 2 nitrogen and oxygen atoms in total. The van der Waals surface area contributed by atoms with Gasteiger partial charge in [0.05, 0.1) is 0 Å². The molecule has 1 aromatic carbocycles. The van der Waals surface area contributed by atoms with E-state index in [9.17, 15) is 0 Å². The zero-order valence-corrected chi connectivity index (χ0v) is 17.7. The predicted molar refractivity (Wildman–Crippen MR) is 113 cm³/mol. The minimum Gasteiger partial charge on any atom is -0.309 e. The molecule has 24 heavy (non-hydrogen) atoms. The molecule has 0 aromatic heterocycles. The van der Waals surface area contributed by atoms with Gasteiger partial charge in [-0.25, -0.2) is 0 Å². The van der Waals surface area contributed by atoms with E-state index < -0.39 is 0 Å². The average molecular weight is 369 g/mol. The van der Waals surface area contributed by atoms with Gasteiger partial charge in [-0.05, 0) is 103 Å². The first-order chi connectivity index (χ1) is 11.6. The molecule has 0 aliphatic heterocycles. The van der Waals surface area contributed by atoms with Crippen molar-refractivity contribution in [1.29, 1.82) is 0 Å². The van der Waals surface area contributed by atoms with Crippen molar-refractivity contribution in [3.8, 4) is 0 Å². The minimum atomic E-state index is 1.21. The van der Waals surface area contributed by atoms with Crippen LogP contribution >= 0.6 is 23.5 Å². The Morgan fingerprint density at radius 2 is 0.958 bits per heavy atom. The second-order valence-electron chi connectivity index (χ2n) is 6.90. The molecule has 0 unspecified atom stereocenters. The summed E-state index contributed by atoms with van der Waals surface area (Å²) >= 11 is 4.00. The van der Waals surface area contributed by atoms with Gasteiger partial charge >= 0.3 is 0 Å². The molecule has 4 heteroatoms. The van der Waals surface area contributed by atoms with E-state index in [1.54, 1.807) is 0 Å². The molecule has 0 saturated carbocycles. The molecule has 0 N–H and O–H groups in total. The quantitative estimate of drug-likeness (QED) is 0.323. The third-order valence-electron chi connectivity index (χ3n) is 3.86. The minimum absolute atomic E-state index is 1.21. The van der Waals surface area contributed by atoms with E-state index in [0.717, 1.165) is 0 Å². The number of unbranched alkanes of at least 4 members (excludes halogenated alkanes) is 4. The van der Waals surface area contributed by atoms with Crippen LogP contribution in [0.15, 0.2) is 34.1 Å². The largest absolute Gasteiger partial charge is 0.309 e. The lowest BCUT2D eigenvalue weighted by Crippen LogP contribution is -2.12. The molecular weight excluding hydrogens is 332 g/mol. The van der Waals surface area contributed by atoms with Crippen molar-refractivity contribution in [1.82, 2.24) is 9.80 Å². The third-order valence-corrected chi connectivity index (χ3v) is 6.06. The van der Waals surface area contributed by atoms with Crippen molar-refractivity contribution in [2.75, 3.05) is 52.8 Å². The Balaban J connectivity index is 2.06. The number of benzene rings is 1. The second-order valence-corrected chi connectivity index (χ2v) is 9.23. The Hall–Kier alpha value is -0.160. The highest BCUT2D eigenvalue weighted by molar-refractivity contribution is 7.99. The molecule has 1 rings (SSSR count). The number of hydrogen-bond donors (Lipinski definition) is 0. The summed E-state index contributed by atoms with van der Waals surface area (Å²) in [5.74, 6) is 2.48. The molecule has 0 atom stereocenters. The summed E-state index contributed by atoms with van der Waals surface area (Å²) in [6.07, 6.45) is 7.96. The topological polar surface area (TPSA) is 6.48 Å². The van der Waals surface area contributed by atoms with Crippen LogP contribution in [0.1, 0.15) is 38.5 Å². The Morgan fingerprint density at radius 1 is 0.583 bits per heavy atom. The molecular formula is C20H36N2S2. The van der Waals surface area contributed by atoms with E-state index in [1.165, 1.54) is 72.9 Å². The summed E-state index contributed by atoms with van der Waals surface area (Å²) in [4.78, 5) is 7.37. The summed E-state index contributed by atoms with van der Waals surface area (Å²) in [5, 5.41) is 0. The Bertz CT molecular complexity index is 366. The summed E-state index contributed by atoms with van der Waals surface area (Å²) in [6.45, 7) is 2.43. The molecule has 138 valence electrons. The number of rotatable bonds is 14. The summed E-state index contributed by atoms with van der Waals surface area (Å²) in [6, 6.07) is 9.16. The maximum absolute atomic E-state index is 2.29. The van der Waals surface area contributed by atoms with Crippen molar-refractivity contribution in [2.45, 2.75) is 48.3 Å². The van der Waals surface area contributed by atoms with Crippen LogP contribution < -0.4 is 0 Å². The van der Waals surface area contributed by atoms with E-state index in [2.05, 4.69) is 62.3 Å². The first-order valence-corrected chi connectivity index (χ1v) is 11.2. The highest BCUT2D eigenvalue weighted by atomic mass is 32.2. The second kappa shape index (κ2) is 14.1. The number of hydrogen-bond acceptors (Lipinski definition) is 4. The van der Waals surface area contributed by atoms with Crippen molar-refractivity contribution >= 4 is 23.5 Å². The Kier molecular flexibility index (Phi) is 12.8. The molecule has 0 amide bonds. The highest BCUT2D eigenvalue weighted by Gasteiger charge is 1.98. The van der Waals surface area contributed by atoms with Crippen LogP contribution in [0, 0.1) is 0 Å². The zero-order chi connectivity index (χ0) is 17.6. The van der Waals surface area contributed by atoms with E-state index in [0.29, 0.717) is 0 Å². The Labute approximate surface area is 158 Å². The van der Waals surface area contributed by atoms with Crippen molar-refractivity contribution in [2.24, 2.45) is 0 Å². The van der Waals surface area contributed by atoms with Crippen LogP contribution in [0.25, 0.3) is 0 Å². The monoisotopic (exact) mass is 368 g/mol. The van der Waals surface area contributed by atoms with Crippen LogP contribution in [0.3, 0.4) is 0 Å². The molecule has 0 saturated heterocycles. The lowest BCUT2D eigenvalue weighted by molar-refractivity contribution is 0.393. The first-order valence-electron chi connectivity index (χ1n) is 9.23. The highest BCUT2D eigenvalue weighted by Crippen LogP contribution is 2.25. The van der Waals surface area contributed by atoms with E-state index in [-0.39, 0.29) is 0 Å². The summed E-state index contributed by atoms with van der Waals surface area (Å²) in [5.41, 5.74) is 0. The van der Waals surface area contributed by atoms with E-state index in [4.69, 9.17) is 0 Å². The van der Waals surface area contributed by atoms with Crippen molar-refractivity contribution in [3.05, 3.63) is 24.3 Å². The molecule has 0 spiro atoms. The summed E-state index contributed by atoms with van der Waals surface area (Å²) in [7, 11) is 8.60. The van der Waals surface area contributed by atoms with Gasteiger partial charge in [0.1, 0.15) is 0 Å². The molecule has 0 fully saturated rings. The van der Waals surface area contributed by atoms with E-state index >= 15 is 0 Å². The van der Waals surface area contributed by atoms with Crippen LogP contribution in [0.5, 0.6) is 0 Å². The van der Waals surface area contributed by atoms with Crippen molar-refractivity contribution in [3.63, 3.8) is 0 Å².